The summed E-state index contributed by atoms with van der Waals surface area (Å²) >= 11 is 12.1. The summed E-state index contributed by atoms with van der Waals surface area (Å²) in [6.07, 6.45) is 0.542. The molecule has 0 aliphatic rings. The molecule has 1 aromatic heterocycles. The number of carboxylic acid groups (broad SMARTS) is 1. The minimum absolute atomic E-state index is 0.0850. The molecule has 0 bridgehead atoms. The number of hydrogen-bond acceptors (Lipinski definition) is 2. The van der Waals surface area contributed by atoms with E-state index < -0.39 is 5.97 Å². The van der Waals surface area contributed by atoms with E-state index in [2.05, 4.69) is 5.10 Å². The van der Waals surface area contributed by atoms with Gasteiger partial charge in [0.1, 0.15) is 0 Å². The summed E-state index contributed by atoms with van der Waals surface area (Å²) in [6, 6.07) is 5.20. The Labute approximate surface area is 126 Å². The van der Waals surface area contributed by atoms with Crippen molar-refractivity contribution in [1.29, 1.82) is 0 Å². The number of aliphatic carboxylic acids is 1. The fourth-order valence-corrected chi connectivity index (χ4v) is 2.64. The molecule has 0 unspecified atom stereocenters. The molecule has 1 aromatic carbocycles. The first-order chi connectivity index (χ1) is 9.40. The Morgan fingerprint density at radius 1 is 1.35 bits per heavy atom. The zero-order valence-electron chi connectivity index (χ0n) is 11.2. The van der Waals surface area contributed by atoms with Crippen molar-refractivity contribution in [3.8, 4) is 5.69 Å². The highest BCUT2D eigenvalue weighted by Crippen LogP contribution is 2.27. The van der Waals surface area contributed by atoms with Crippen LogP contribution in [-0.2, 0) is 11.2 Å². The monoisotopic (exact) mass is 312 g/mol. The zero-order chi connectivity index (χ0) is 14.9. The van der Waals surface area contributed by atoms with E-state index in [0.29, 0.717) is 16.5 Å². The smallest absolute Gasteiger partial charge is 0.303 e. The Hall–Kier alpha value is -1.52. The van der Waals surface area contributed by atoms with Crippen molar-refractivity contribution in [3.05, 3.63) is 45.2 Å². The lowest BCUT2D eigenvalue weighted by Gasteiger charge is -2.07. The molecule has 1 N–H and O–H groups in total. The number of halogens is 2. The molecule has 20 heavy (non-hydrogen) atoms. The van der Waals surface area contributed by atoms with Gasteiger partial charge in [-0.05, 0) is 44.0 Å². The van der Waals surface area contributed by atoms with Crippen LogP contribution in [0.15, 0.2) is 18.2 Å². The predicted octanol–water partition coefficient (Wildman–Crippen LogP) is 3.81. The van der Waals surface area contributed by atoms with E-state index >= 15 is 0 Å². The Morgan fingerprint density at radius 2 is 2.05 bits per heavy atom. The topological polar surface area (TPSA) is 55.1 Å². The number of aromatic nitrogens is 2. The maximum Gasteiger partial charge on any atom is 0.303 e. The summed E-state index contributed by atoms with van der Waals surface area (Å²) in [5.74, 6) is -0.818. The third kappa shape index (κ3) is 2.97. The standard InChI is InChI=1S/C14H14Cl2N2O2/c1-8-11(4-6-14(19)20)9(2)18(17-8)13-5-3-10(15)7-12(13)16/h3,5,7H,4,6H2,1-2H3,(H,19,20). The fraction of sp³-hybridized carbons (Fsp3) is 0.286. The Bertz CT molecular complexity index is 665. The van der Waals surface area contributed by atoms with Crippen LogP contribution < -0.4 is 0 Å². The number of hydrogen-bond donors (Lipinski definition) is 1. The molecule has 0 aliphatic carbocycles. The molecular formula is C14H14Cl2N2O2. The van der Waals surface area contributed by atoms with Gasteiger partial charge < -0.3 is 5.11 Å². The molecule has 2 rings (SSSR count). The molecule has 0 amide bonds. The van der Waals surface area contributed by atoms with E-state index in [-0.39, 0.29) is 6.42 Å². The van der Waals surface area contributed by atoms with E-state index in [1.54, 1.807) is 22.9 Å². The Morgan fingerprint density at radius 3 is 2.65 bits per heavy atom. The van der Waals surface area contributed by atoms with Crippen LogP contribution in [0.2, 0.25) is 10.0 Å². The average molecular weight is 313 g/mol. The van der Waals surface area contributed by atoms with E-state index in [4.69, 9.17) is 28.3 Å². The highest BCUT2D eigenvalue weighted by molar-refractivity contribution is 6.35. The number of benzene rings is 1. The van der Waals surface area contributed by atoms with Gasteiger partial charge in [-0.15, -0.1) is 0 Å². The molecule has 0 aliphatic heterocycles. The fourth-order valence-electron chi connectivity index (χ4n) is 2.16. The van der Waals surface area contributed by atoms with Crippen LogP contribution in [0, 0.1) is 13.8 Å². The number of carboxylic acids is 1. The van der Waals surface area contributed by atoms with Gasteiger partial charge in [-0.1, -0.05) is 23.2 Å². The summed E-state index contributed by atoms with van der Waals surface area (Å²) in [7, 11) is 0. The molecule has 0 radical (unpaired) electrons. The third-order valence-corrected chi connectivity index (χ3v) is 3.71. The van der Waals surface area contributed by atoms with Gasteiger partial charge in [0.25, 0.3) is 0 Å². The molecule has 1 heterocycles. The van der Waals surface area contributed by atoms with Crippen molar-refractivity contribution in [2.75, 3.05) is 0 Å². The van der Waals surface area contributed by atoms with Gasteiger partial charge in [-0.25, -0.2) is 4.68 Å². The lowest BCUT2D eigenvalue weighted by molar-refractivity contribution is -0.136. The molecule has 6 heteroatoms. The summed E-state index contributed by atoms with van der Waals surface area (Å²) in [5.41, 5.74) is 3.39. The lowest BCUT2D eigenvalue weighted by Crippen LogP contribution is -2.02. The van der Waals surface area contributed by atoms with E-state index in [9.17, 15) is 4.79 Å². The van der Waals surface area contributed by atoms with Gasteiger partial charge in [0.2, 0.25) is 0 Å². The SMILES string of the molecule is Cc1nn(-c2ccc(Cl)cc2Cl)c(C)c1CCC(=O)O. The van der Waals surface area contributed by atoms with Gasteiger partial charge in [0, 0.05) is 17.1 Å². The summed E-state index contributed by atoms with van der Waals surface area (Å²) in [4.78, 5) is 10.7. The summed E-state index contributed by atoms with van der Waals surface area (Å²) in [6.45, 7) is 3.77. The van der Waals surface area contributed by atoms with Crippen LogP contribution >= 0.6 is 23.2 Å². The minimum Gasteiger partial charge on any atom is -0.481 e. The second-order valence-corrected chi connectivity index (χ2v) is 5.39. The van der Waals surface area contributed by atoms with Crippen LogP contribution in [0.25, 0.3) is 5.69 Å². The molecule has 2 aromatic rings. The predicted molar refractivity (Wildman–Crippen MR) is 79.0 cm³/mol. The average Bonchev–Trinajstić information content (AvgIpc) is 2.62. The summed E-state index contributed by atoms with van der Waals surface area (Å²) in [5, 5.41) is 14.3. The largest absolute Gasteiger partial charge is 0.481 e. The van der Waals surface area contributed by atoms with Crippen LogP contribution in [-0.4, -0.2) is 20.9 Å². The summed E-state index contributed by atoms with van der Waals surface area (Å²) < 4.78 is 1.73. The molecule has 106 valence electrons. The molecule has 4 nitrogen and oxygen atoms in total. The maximum absolute atomic E-state index is 10.7. The van der Waals surface area contributed by atoms with Gasteiger partial charge in [0.15, 0.2) is 0 Å². The molecule has 0 saturated heterocycles. The van der Waals surface area contributed by atoms with Crippen molar-refractivity contribution in [3.63, 3.8) is 0 Å². The second-order valence-electron chi connectivity index (χ2n) is 4.55. The first kappa shape index (κ1) is 14.9. The zero-order valence-corrected chi connectivity index (χ0v) is 12.7. The minimum atomic E-state index is -0.818. The van der Waals surface area contributed by atoms with Crippen LogP contribution in [0.1, 0.15) is 23.4 Å². The van der Waals surface area contributed by atoms with Crippen molar-refractivity contribution >= 4 is 29.2 Å². The van der Waals surface area contributed by atoms with Crippen molar-refractivity contribution in [2.45, 2.75) is 26.7 Å². The lowest BCUT2D eigenvalue weighted by atomic mass is 10.1. The quantitative estimate of drug-likeness (QED) is 0.933. The van der Waals surface area contributed by atoms with Crippen LogP contribution in [0.4, 0.5) is 0 Å². The maximum atomic E-state index is 10.7. The second kappa shape index (κ2) is 5.85. The molecule has 0 atom stereocenters. The van der Waals surface area contributed by atoms with E-state index in [1.165, 1.54) is 0 Å². The number of aryl methyl sites for hydroxylation is 1. The van der Waals surface area contributed by atoms with Gasteiger partial charge >= 0.3 is 5.97 Å². The van der Waals surface area contributed by atoms with Crippen molar-refractivity contribution in [1.82, 2.24) is 9.78 Å². The number of nitrogens with zero attached hydrogens (tertiary/aromatic N) is 2. The highest BCUT2D eigenvalue weighted by atomic mass is 35.5. The van der Waals surface area contributed by atoms with Crippen molar-refractivity contribution in [2.24, 2.45) is 0 Å². The van der Waals surface area contributed by atoms with Crippen LogP contribution in [0.3, 0.4) is 0 Å². The molecular weight excluding hydrogens is 299 g/mol. The molecule has 0 spiro atoms. The van der Waals surface area contributed by atoms with Gasteiger partial charge in [0.05, 0.1) is 16.4 Å². The molecule has 0 fully saturated rings. The Balaban J connectivity index is 2.43. The van der Waals surface area contributed by atoms with Gasteiger partial charge in [-0.2, -0.15) is 5.10 Å². The van der Waals surface area contributed by atoms with E-state index in [0.717, 1.165) is 22.6 Å². The molecule has 0 saturated carbocycles. The first-order valence-corrected chi connectivity index (χ1v) is 6.88. The first-order valence-electron chi connectivity index (χ1n) is 6.12. The Kier molecular flexibility index (Phi) is 4.35. The third-order valence-electron chi connectivity index (χ3n) is 3.17. The van der Waals surface area contributed by atoms with E-state index in [1.807, 2.05) is 13.8 Å². The highest BCUT2D eigenvalue weighted by Gasteiger charge is 2.15. The van der Waals surface area contributed by atoms with Crippen molar-refractivity contribution < 1.29 is 9.90 Å². The normalized spacial score (nSPS) is 10.8. The van der Waals surface area contributed by atoms with Gasteiger partial charge in [-0.3, -0.25) is 4.79 Å². The number of rotatable bonds is 4. The number of carbonyl (C=O) groups is 1. The van der Waals surface area contributed by atoms with Crippen LogP contribution in [0.5, 0.6) is 0 Å².